The number of hydrogen-bond acceptors (Lipinski definition) is 3. The third-order valence-electron chi connectivity index (χ3n) is 2.27. The highest BCUT2D eigenvalue weighted by Crippen LogP contribution is 2.19. The fourth-order valence-corrected chi connectivity index (χ4v) is 1.42. The number of Topliss-reactive ketones (excluding diaryl/α,β-unsaturated/α-hetero) is 1. The number of thiol groups is 1. The summed E-state index contributed by atoms with van der Waals surface area (Å²) in [5.41, 5.74) is 1.66. The molecule has 1 N–H and O–H groups in total. The topological polar surface area (TPSA) is 37.3 Å². The molecule has 0 aliphatic carbocycles. The molecule has 1 unspecified atom stereocenters. The molecular weight excluding hydrogens is 208 g/mol. The van der Waals surface area contributed by atoms with Crippen LogP contribution in [0.3, 0.4) is 0 Å². The molecule has 0 heterocycles. The molecule has 1 aromatic carbocycles. The van der Waals surface area contributed by atoms with Crippen LogP contribution >= 0.6 is 12.6 Å². The van der Waals surface area contributed by atoms with E-state index >= 15 is 0 Å². The van der Waals surface area contributed by atoms with E-state index in [4.69, 9.17) is 0 Å². The van der Waals surface area contributed by atoms with E-state index < -0.39 is 4.93 Å². The van der Waals surface area contributed by atoms with Crippen molar-refractivity contribution in [3.63, 3.8) is 0 Å². The van der Waals surface area contributed by atoms with Crippen LogP contribution in [-0.4, -0.2) is 15.8 Å². The lowest BCUT2D eigenvalue weighted by molar-refractivity contribution is 0.0713. The Hall–Kier alpha value is -0.800. The summed E-state index contributed by atoms with van der Waals surface area (Å²) < 4.78 is 0. The molecule has 82 valence electrons. The molecule has 1 rings (SSSR count). The van der Waals surface area contributed by atoms with Gasteiger partial charge in [0.2, 0.25) is 5.78 Å². The minimum atomic E-state index is -1.60. The molecular formula is C12H16O2S. The average Bonchev–Trinajstić information content (AvgIpc) is 2.15. The Labute approximate surface area is 95.7 Å². The summed E-state index contributed by atoms with van der Waals surface area (Å²) in [6, 6.07) is 7.25. The van der Waals surface area contributed by atoms with E-state index in [1.54, 1.807) is 12.1 Å². The molecule has 15 heavy (non-hydrogen) atoms. The van der Waals surface area contributed by atoms with Gasteiger partial charge in [0.15, 0.2) is 4.93 Å². The van der Waals surface area contributed by atoms with Crippen molar-refractivity contribution >= 4 is 18.4 Å². The molecule has 0 radical (unpaired) electrons. The van der Waals surface area contributed by atoms with Crippen LogP contribution in [-0.2, 0) is 0 Å². The molecule has 0 saturated heterocycles. The number of carbonyl (C=O) groups is 1. The first kappa shape index (κ1) is 12.3. The summed E-state index contributed by atoms with van der Waals surface area (Å²) in [6.45, 7) is 5.55. The van der Waals surface area contributed by atoms with Gasteiger partial charge in [0.25, 0.3) is 0 Å². The number of benzene rings is 1. The molecule has 0 aliphatic rings. The zero-order chi connectivity index (χ0) is 11.6. The van der Waals surface area contributed by atoms with Crippen molar-refractivity contribution in [2.75, 3.05) is 0 Å². The molecule has 2 nitrogen and oxygen atoms in total. The highest BCUT2D eigenvalue weighted by atomic mass is 32.1. The standard InChI is InChI=1S/C12H16O2S/c1-8(2)9-4-6-10(7-5-9)11(13)12(3,14)15/h4-8,14-15H,1-3H3. The van der Waals surface area contributed by atoms with Gasteiger partial charge in [-0.25, -0.2) is 0 Å². The van der Waals surface area contributed by atoms with Gasteiger partial charge in [0, 0.05) is 5.56 Å². The largest absolute Gasteiger partial charge is 0.372 e. The van der Waals surface area contributed by atoms with E-state index in [0.29, 0.717) is 11.5 Å². The van der Waals surface area contributed by atoms with Gasteiger partial charge in [-0.1, -0.05) is 38.1 Å². The molecule has 0 fully saturated rings. The van der Waals surface area contributed by atoms with Crippen molar-refractivity contribution in [2.45, 2.75) is 31.6 Å². The predicted molar refractivity (Wildman–Crippen MR) is 64.5 cm³/mol. The summed E-state index contributed by atoms with van der Waals surface area (Å²) >= 11 is 3.83. The van der Waals surface area contributed by atoms with Crippen LogP contribution < -0.4 is 0 Å². The molecule has 0 saturated carbocycles. The van der Waals surface area contributed by atoms with E-state index in [9.17, 15) is 9.90 Å². The molecule has 0 bridgehead atoms. The van der Waals surface area contributed by atoms with Gasteiger partial charge < -0.3 is 5.11 Å². The monoisotopic (exact) mass is 224 g/mol. The maximum absolute atomic E-state index is 11.6. The second-order valence-corrected chi connectivity index (χ2v) is 5.00. The second kappa shape index (κ2) is 4.37. The van der Waals surface area contributed by atoms with Gasteiger partial charge >= 0.3 is 0 Å². The van der Waals surface area contributed by atoms with Crippen LogP contribution in [0.2, 0.25) is 0 Å². The van der Waals surface area contributed by atoms with Gasteiger partial charge in [-0.15, -0.1) is 12.6 Å². The molecule has 3 heteroatoms. The van der Waals surface area contributed by atoms with Gasteiger partial charge in [-0.2, -0.15) is 0 Å². The van der Waals surface area contributed by atoms with Crippen molar-refractivity contribution in [1.29, 1.82) is 0 Å². The Bertz CT molecular complexity index is 347. The second-order valence-electron chi connectivity index (χ2n) is 4.13. The molecule has 0 aromatic heterocycles. The van der Waals surface area contributed by atoms with Crippen LogP contribution in [0.5, 0.6) is 0 Å². The quantitative estimate of drug-likeness (QED) is 0.470. The van der Waals surface area contributed by atoms with Crippen molar-refractivity contribution in [3.8, 4) is 0 Å². The zero-order valence-electron chi connectivity index (χ0n) is 9.19. The molecule has 1 atom stereocenters. The van der Waals surface area contributed by atoms with E-state index in [1.165, 1.54) is 12.5 Å². The van der Waals surface area contributed by atoms with Crippen LogP contribution in [0.15, 0.2) is 24.3 Å². The smallest absolute Gasteiger partial charge is 0.204 e. The highest BCUT2D eigenvalue weighted by Gasteiger charge is 2.26. The first-order valence-corrected chi connectivity index (χ1v) is 5.36. The van der Waals surface area contributed by atoms with Crippen molar-refractivity contribution in [3.05, 3.63) is 35.4 Å². The molecule has 0 amide bonds. The van der Waals surface area contributed by atoms with E-state index in [2.05, 4.69) is 26.5 Å². The third-order valence-corrected chi connectivity index (χ3v) is 2.47. The van der Waals surface area contributed by atoms with E-state index in [1.807, 2.05) is 12.1 Å². The summed E-state index contributed by atoms with van der Waals surface area (Å²) in [5, 5.41) is 9.43. The fraction of sp³-hybridized carbons (Fsp3) is 0.417. The van der Waals surface area contributed by atoms with Gasteiger partial charge in [0.1, 0.15) is 0 Å². The van der Waals surface area contributed by atoms with Crippen LogP contribution in [0, 0.1) is 0 Å². The Morgan fingerprint density at radius 3 is 2.13 bits per heavy atom. The number of rotatable bonds is 3. The number of aliphatic hydroxyl groups is 1. The van der Waals surface area contributed by atoms with E-state index in [-0.39, 0.29) is 5.78 Å². The normalized spacial score (nSPS) is 15.1. The maximum atomic E-state index is 11.6. The molecule has 0 aliphatic heterocycles. The maximum Gasteiger partial charge on any atom is 0.204 e. The lowest BCUT2D eigenvalue weighted by atomic mass is 9.99. The van der Waals surface area contributed by atoms with Crippen LogP contribution in [0.25, 0.3) is 0 Å². The minimum Gasteiger partial charge on any atom is -0.372 e. The predicted octanol–water partition coefficient (Wildman–Crippen LogP) is 2.63. The summed E-state index contributed by atoms with van der Waals surface area (Å²) in [6.07, 6.45) is 0. The fourth-order valence-electron chi connectivity index (χ4n) is 1.29. The average molecular weight is 224 g/mol. The number of hydrogen-bond donors (Lipinski definition) is 2. The van der Waals surface area contributed by atoms with Gasteiger partial charge in [-0.3, -0.25) is 4.79 Å². The van der Waals surface area contributed by atoms with Crippen LogP contribution in [0.1, 0.15) is 42.6 Å². The SMILES string of the molecule is CC(C)c1ccc(C(=O)C(C)(O)S)cc1. The first-order valence-electron chi connectivity index (χ1n) is 4.92. The highest BCUT2D eigenvalue weighted by molar-refractivity contribution is 7.82. The van der Waals surface area contributed by atoms with E-state index in [0.717, 1.165) is 0 Å². The van der Waals surface area contributed by atoms with Crippen molar-refractivity contribution in [2.24, 2.45) is 0 Å². The summed E-state index contributed by atoms with van der Waals surface area (Å²) in [7, 11) is 0. The van der Waals surface area contributed by atoms with Gasteiger partial charge in [0.05, 0.1) is 0 Å². The lowest BCUT2D eigenvalue weighted by Gasteiger charge is -2.15. The number of carbonyl (C=O) groups excluding carboxylic acids is 1. The Kier molecular flexibility index (Phi) is 3.58. The lowest BCUT2D eigenvalue weighted by Crippen LogP contribution is -2.28. The molecule has 1 aromatic rings. The van der Waals surface area contributed by atoms with Gasteiger partial charge in [-0.05, 0) is 18.4 Å². The number of ketones is 1. The van der Waals surface area contributed by atoms with Crippen molar-refractivity contribution in [1.82, 2.24) is 0 Å². The first-order chi connectivity index (χ1) is 6.82. The third kappa shape index (κ3) is 3.08. The summed E-state index contributed by atoms with van der Waals surface area (Å²) in [5.74, 6) is 0.0619. The Balaban J connectivity index is 2.95. The zero-order valence-corrected chi connectivity index (χ0v) is 10.1. The minimum absolute atomic E-state index is 0.374. The summed E-state index contributed by atoms with van der Waals surface area (Å²) in [4.78, 5) is 10.0. The Morgan fingerprint density at radius 2 is 1.80 bits per heavy atom. The molecule has 0 spiro atoms. The van der Waals surface area contributed by atoms with Crippen molar-refractivity contribution < 1.29 is 9.90 Å². The van der Waals surface area contributed by atoms with Crippen LogP contribution in [0.4, 0.5) is 0 Å². The Morgan fingerprint density at radius 1 is 1.33 bits per heavy atom.